The number of aldehydes is 1. The first-order chi connectivity index (χ1) is 10.7. The van der Waals surface area contributed by atoms with Gasteiger partial charge in [0.15, 0.2) is 6.29 Å². The Balaban J connectivity index is 2.12. The number of ether oxygens (including phenoxy) is 2. The Hall–Kier alpha value is -2.78. The number of nitriles is 1. The van der Waals surface area contributed by atoms with Crippen LogP contribution in [0.1, 0.15) is 10.4 Å². The van der Waals surface area contributed by atoms with Crippen molar-refractivity contribution in [3.8, 4) is 16.9 Å². The van der Waals surface area contributed by atoms with E-state index in [9.17, 15) is 9.59 Å². The van der Waals surface area contributed by atoms with Crippen LogP contribution in [0.2, 0.25) is 0 Å². The van der Waals surface area contributed by atoms with Crippen LogP contribution in [0, 0.1) is 10.7 Å². The monoisotopic (exact) mass is 313 g/mol. The van der Waals surface area contributed by atoms with Gasteiger partial charge in [-0.05, 0) is 48.2 Å². The number of thioether (sulfide) groups is 1. The Morgan fingerprint density at radius 1 is 1.18 bits per heavy atom. The molecule has 0 bridgehead atoms. The Labute approximate surface area is 131 Å². The molecule has 0 saturated carbocycles. The van der Waals surface area contributed by atoms with E-state index in [0.717, 1.165) is 16.7 Å². The van der Waals surface area contributed by atoms with Crippen molar-refractivity contribution >= 4 is 24.0 Å². The molecule has 0 aliphatic rings. The normalized spacial score (nSPS) is 9.59. The highest BCUT2D eigenvalue weighted by atomic mass is 32.2. The second-order valence-corrected chi connectivity index (χ2v) is 4.89. The van der Waals surface area contributed by atoms with Crippen LogP contribution in [-0.2, 0) is 4.79 Å². The molecule has 0 saturated heterocycles. The number of thiocyanates is 1. The fraction of sp³-hybridized carbons (Fsp3) is 0.0625. The molecule has 0 aliphatic heterocycles. The SMILES string of the molecule is N#CSc1ccc(OC(=O)c2ccccc2OCC=O)cc1. The lowest BCUT2D eigenvalue weighted by Gasteiger charge is -2.09. The van der Waals surface area contributed by atoms with E-state index in [1.165, 1.54) is 0 Å². The first-order valence-electron chi connectivity index (χ1n) is 6.28. The lowest BCUT2D eigenvalue weighted by molar-refractivity contribution is -0.109. The van der Waals surface area contributed by atoms with E-state index >= 15 is 0 Å². The van der Waals surface area contributed by atoms with Crippen LogP contribution < -0.4 is 9.47 Å². The van der Waals surface area contributed by atoms with Crippen LogP contribution in [0.25, 0.3) is 0 Å². The minimum Gasteiger partial charge on any atom is -0.485 e. The summed E-state index contributed by atoms with van der Waals surface area (Å²) >= 11 is 1.02. The third kappa shape index (κ3) is 4.11. The summed E-state index contributed by atoms with van der Waals surface area (Å²) in [4.78, 5) is 23.3. The highest BCUT2D eigenvalue weighted by molar-refractivity contribution is 8.03. The Bertz CT molecular complexity index is 707. The van der Waals surface area contributed by atoms with E-state index in [2.05, 4.69) is 0 Å². The molecule has 22 heavy (non-hydrogen) atoms. The molecule has 0 radical (unpaired) electrons. The molecule has 2 aromatic carbocycles. The van der Waals surface area contributed by atoms with Gasteiger partial charge in [-0.3, -0.25) is 4.79 Å². The average Bonchev–Trinajstić information content (AvgIpc) is 2.55. The van der Waals surface area contributed by atoms with Crippen molar-refractivity contribution in [2.24, 2.45) is 0 Å². The highest BCUT2D eigenvalue weighted by Gasteiger charge is 2.14. The molecular formula is C16H11NO4S. The minimum absolute atomic E-state index is 0.135. The van der Waals surface area contributed by atoms with Gasteiger partial charge in [-0.1, -0.05) is 12.1 Å². The Morgan fingerprint density at radius 2 is 1.91 bits per heavy atom. The molecule has 0 spiro atoms. The molecule has 0 heterocycles. The molecule has 0 atom stereocenters. The summed E-state index contributed by atoms with van der Waals surface area (Å²) in [6.07, 6.45) is 0.605. The summed E-state index contributed by atoms with van der Waals surface area (Å²) in [5.74, 6) is 0.0657. The van der Waals surface area contributed by atoms with Gasteiger partial charge in [0, 0.05) is 4.90 Å². The second kappa shape index (κ2) is 7.86. The summed E-state index contributed by atoms with van der Waals surface area (Å²) < 4.78 is 10.4. The lowest BCUT2D eigenvalue weighted by atomic mass is 10.2. The van der Waals surface area contributed by atoms with Gasteiger partial charge in [0.2, 0.25) is 0 Å². The molecule has 6 heteroatoms. The van der Waals surface area contributed by atoms with Crippen LogP contribution in [0.4, 0.5) is 0 Å². The van der Waals surface area contributed by atoms with Crippen LogP contribution in [0.3, 0.4) is 0 Å². The van der Waals surface area contributed by atoms with Gasteiger partial charge in [-0.25, -0.2) is 4.79 Å². The Kier molecular flexibility index (Phi) is 5.57. The summed E-state index contributed by atoms with van der Waals surface area (Å²) in [6, 6.07) is 13.1. The van der Waals surface area contributed by atoms with Crippen LogP contribution in [0.5, 0.6) is 11.5 Å². The summed E-state index contributed by atoms with van der Waals surface area (Å²) in [5, 5.41) is 10.5. The van der Waals surface area contributed by atoms with Crippen LogP contribution in [0.15, 0.2) is 53.4 Å². The standard InChI is InChI=1S/C16H11NO4S/c17-11-22-13-7-5-12(6-8-13)21-16(19)14-3-1-2-4-15(14)20-10-9-18/h1-9H,10H2. The van der Waals surface area contributed by atoms with Crippen molar-refractivity contribution in [3.05, 3.63) is 54.1 Å². The van der Waals surface area contributed by atoms with Gasteiger partial charge in [0.25, 0.3) is 0 Å². The largest absolute Gasteiger partial charge is 0.485 e. The maximum absolute atomic E-state index is 12.2. The predicted molar refractivity (Wildman–Crippen MR) is 80.9 cm³/mol. The van der Waals surface area contributed by atoms with Crippen LogP contribution in [-0.4, -0.2) is 18.9 Å². The number of benzene rings is 2. The number of carbonyl (C=O) groups is 2. The number of hydrogen-bond donors (Lipinski definition) is 0. The number of hydrogen-bond acceptors (Lipinski definition) is 6. The van der Waals surface area contributed by atoms with Crippen molar-refractivity contribution in [1.82, 2.24) is 0 Å². The predicted octanol–water partition coefficient (Wildman–Crippen LogP) is 3.06. The molecule has 2 rings (SSSR count). The summed E-state index contributed by atoms with van der Waals surface area (Å²) in [6.45, 7) is -0.135. The zero-order valence-electron chi connectivity index (χ0n) is 11.4. The van der Waals surface area contributed by atoms with Crippen molar-refractivity contribution in [1.29, 1.82) is 5.26 Å². The quantitative estimate of drug-likeness (QED) is 0.268. The smallest absolute Gasteiger partial charge is 0.347 e. The van der Waals surface area contributed by atoms with Crippen molar-refractivity contribution < 1.29 is 19.1 Å². The van der Waals surface area contributed by atoms with Crippen molar-refractivity contribution in [2.75, 3.05) is 6.61 Å². The third-order valence-corrected chi connectivity index (χ3v) is 3.21. The van der Waals surface area contributed by atoms with E-state index < -0.39 is 5.97 Å². The van der Waals surface area contributed by atoms with Gasteiger partial charge >= 0.3 is 5.97 Å². The second-order valence-electron chi connectivity index (χ2n) is 4.03. The topological polar surface area (TPSA) is 76.4 Å². The van der Waals surface area contributed by atoms with Gasteiger partial charge in [-0.2, -0.15) is 5.26 Å². The molecule has 0 fully saturated rings. The first-order valence-corrected chi connectivity index (χ1v) is 7.10. The zero-order valence-corrected chi connectivity index (χ0v) is 12.2. The zero-order chi connectivity index (χ0) is 15.8. The molecule has 5 nitrogen and oxygen atoms in total. The lowest BCUT2D eigenvalue weighted by Crippen LogP contribution is -2.11. The minimum atomic E-state index is -0.581. The van der Waals surface area contributed by atoms with Gasteiger partial charge < -0.3 is 9.47 Å². The highest BCUT2D eigenvalue weighted by Crippen LogP contribution is 2.23. The van der Waals surface area contributed by atoms with E-state index in [1.54, 1.807) is 48.5 Å². The van der Waals surface area contributed by atoms with E-state index in [-0.39, 0.29) is 17.9 Å². The summed E-state index contributed by atoms with van der Waals surface area (Å²) in [7, 11) is 0. The molecule has 0 aliphatic carbocycles. The molecule has 0 amide bonds. The fourth-order valence-electron chi connectivity index (χ4n) is 1.68. The third-order valence-electron chi connectivity index (χ3n) is 2.61. The number of rotatable bonds is 6. The number of esters is 1. The summed E-state index contributed by atoms with van der Waals surface area (Å²) in [5.41, 5.74) is 0.236. The average molecular weight is 313 g/mol. The molecule has 2 aromatic rings. The molecule has 0 N–H and O–H groups in total. The van der Waals surface area contributed by atoms with Gasteiger partial charge in [0.1, 0.15) is 29.1 Å². The molecule has 0 aromatic heterocycles. The van der Waals surface area contributed by atoms with Gasteiger partial charge in [0.05, 0.1) is 0 Å². The van der Waals surface area contributed by atoms with Crippen molar-refractivity contribution in [3.63, 3.8) is 0 Å². The maximum Gasteiger partial charge on any atom is 0.347 e. The number of nitrogens with zero attached hydrogens (tertiary/aromatic N) is 1. The van der Waals surface area contributed by atoms with Gasteiger partial charge in [-0.15, -0.1) is 0 Å². The van der Waals surface area contributed by atoms with Crippen LogP contribution >= 0.6 is 11.8 Å². The first kappa shape index (κ1) is 15.6. The Morgan fingerprint density at radius 3 is 2.59 bits per heavy atom. The fourth-order valence-corrected chi connectivity index (χ4v) is 2.05. The van der Waals surface area contributed by atoms with E-state index in [4.69, 9.17) is 14.7 Å². The number of carbonyl (C=O) groups excluding carboxylic acids is 2. The van der Waals surface area contributed by atoms with E-state index in [0.29, 0.717) is 12.0 Å². The van der Waals surface area contributed by atoms with Crippen molar-refractivity contribution in [2.45, 2.75) is 4.90 Å². The van der Waals surface area contributed by atoms with E-state index in [1.807, 2.05) is 5.40 Å². The molecule has 110 valence electrons. The molecular weight excluding hydrogens is 302 g/mol. The number of para-hydroxylation sites is 1. The molecule has 0 unspecified atom stereocenters. The maximum atomic E-state index is 12.2.